The van der Waals surface area contributed by atoms with E-state index in [9.17, 15) is 4.39 Å². The molecule has 0 spiro atoms. The molecule has 0 unspecified atom stereocenters. The predicted octanol–water partition coefficient (Wildman–Crippen LogP) is 6.39. The summed E-state index contributed by atoms with van der Waals surface area (Å²) in [6, 6.07) is 23.1. The lowest BCUT2D eigenvalue weighted by Crippen LogP contribution is -2.17. The van der Waals surface area contributed by atoms with Gasteiger partial charge in [-0.15, -0.1) is 11.3 Å². The van der Waals surface area contributed by atoms with E-state index in [1.165, 1.54) is 12.1 Å². The van der Waals surface area contributed by atoms with Crippen LogP contribution in [0.5, 0.6) is 5.75 Å². The summed E-state index contributed by atoms with van der Waals surface area (Å²) in [6.07, 6.45) is 4.27. The summed E-state index contributed by atoms with van der Waals surface area (Å²) in [4.78, 5) is 9.92. The summed E-state index contributed by atoms with van der Waals surface area (Å²) in [5.41, 5.74) is 4.11. The Morgan fingerprint density at radius 3 is 2.61 bits per heavy atom. The molecule has 0 aliphatic rings. The fourth-order valence-electron chi connectivity index (χ4n) is 3.80. The van der Waals surface area contributed by atoms with E-state index in [4.69, 9.17) is 9.73 Å². The van der Waals surface area contributed by atoms with Gasteiger partial charge in [0.05, 0.1) is 24.7 Å². The molecule has 0 saturated carbocycles. The second kappa shape index (κ2) is 9.38. The van der Waals surface area contributed by atoms with Gasteiger partial charge in [0.1, 0.15) is 11.6 Å². The quantitative estimate of drug-likeness (QED) is 0.298. The third kappa shape index (κ3) is 4.71. The van der Waals surface area contributed by atoms with E-state index in [1.54, 1.807) is 30.8 Å². The van der Waals surface area contributed by atoms with E-state index in [0.717, 1.165) is 56.8 Å². The van der Waals surface area contributed by atoms with Gasteiger partial charge in [0.15, 0.2) is 4.80 Å². The maximum absolute atomic E-state index is 13.3. The predicted molar refractivity (Wildman–Crippen MR) is 131 cm³/mol. The number of benzene rings is 3. The molecule has 5 aromatic rings. The highest BCUT2D eigenvalue weighted by Gasteiger charge is 2.10. The number of ether oxygens (including phenoxy) is 1. The lowest BCUT2D eigenvalue weighted by atomic mass is 10.0. The first-order chi connectivity index (χ1) is 16.2. The third-order valence-electron chi connectivity index (χ3n) is 5.55. The first-order valence-electron chi connectivity index (χ1n) is 10.7. The largest absolute Gasteiger partial charge is 0.497 e. The minimum atomic E-state index is -0.220. The van der Waals surface area contributed by atoms with Crippen LogP contribution in [0, 0.1) is 5.82 Å². The number of methoxy groups -OCH3 is 1. The van der Waals surface area contributed by atoms with Gasteiger partial charge in [0, 0.05) is 18.1 Å². The van der Waals surface area contributed by atoms with Gasteiger partial charge >= 0.3 is 0 Å². The van der Waals surface area contributed by atoms with Gasteiger partial charge in [-0.25, -0.2) is 9.38 Å². The zero-order valence-corrected chi connectivity index (χ0v) is 18.9. The molecular formula is C27H22FN3OS. The molecule has 164 valence electrons. The standard InChI is InChI=1S/C27H22FN3OS/c1-32-25-11-8-20-15-22(7-6-21(20)16-25)26-18-33-27(30-24-3-2-13-29-17-24)31(26)14-12-19-4-9-23(28)10-5-19/h2-11,13,15-18H,12,14H2,1H3. The maximum atomic E-state index is 13.3. The molecule has 0 atom stereocenters. The number of hydrogen-bond donors (Lipinski definition) is 0. The molecule has 3 aromatic carbocycles. The average molecular weight is 456 g/mol. The number of halogens is 1. The number of pyridine rings is 1. The van der Waals surface area contributed by atoms with Crippen molar-refractivity contribution in [2.24, 2.45) is 4.99 Å². The highest BCUT2D eigenvalue weighted by atomic mass is 32.1. The van der Waals surface area contributed by atoms with Gasteiger partial charge in [0.25, 0.3) is 0 Å². The van der Waals surface area contributed by atoms with Crippen molar-refractivity contribution in [2.45, 2.75) is 13.0 Å². The zero-order chi connectivity index (χ0) is 22.6. The van der Waals surface area contributed by atoms with E-state index in [0.29, 0.717) is 0 Å². The second-order valence-electron chi connectivity index (χ2n) is 7.68. The van der Waals surface area contributed by atoms with Gasteiger partial charge in [-0.3, -0.25) is 4.98 Å². The molecule has 0 bridgehead atoms. The Kier molecular flexibility index (Phi) is 6.00. The Bertz CT molecular complexity index is 1460. The Labute approximate surface area is 195 Å². The summed E-state index contributed by atoms with van der Waals surface area (Å²) in [6.45, 7) is 0.726. The number of nitrogens with zero attached hydrogens (tertiary/aromatic N) is 3. The van der Waals surface area contributed by atoms with Crippen molar-refractivity contribution < 1.29 is 9.13 Å². The number of hydrogen-bond acceptors (Lipinski definition) is 4. The molecule has 0 amide bonds. The fourth-order valence-corrected chi connectivity index (χ4v) is 4.75. The van der Waals surface area contributed by atoms with E-state index in [-0.39, 0.29) is 5.82 Å². The normalized spacial score (nSPS) is 11.8. The molecule has 0 aliphatic heterocycles. The van der Waals surface area contributed by atoms with Crippen LogP contribution in [0.4, 0.5) is 10.1 Å². The van der Waals surface area contributed by atoms with Crippen LogP contribution in [-0.2, 0) is 13.0 Å². The van der Waals surface area contributed by atoms with Crippen molar-refractivity contribution >= 4 is 27.8 Å². The monoisotopic (exact) mass is 455 g/mol. The fraction of sp³-hybridized carbons (Fsp3) is 0.111. The average Bonchev–Trinajstić information content (AvgIpc) is 3.25. The van der Waals surface area contributed by atoms with Crippen molar-refractivity contribution in [3.05, 3.63) is 107 Å². The minimum Gasteiger partial charge on any atom is -0.497 e. The van der Waals surface area contributed by atoms with Gasteiger partial charge in [-0.1, -0.05) is 30.3 Å². The van der Waals surface area contributed by atoms with Gasteiger partial charge in [0.2, 0.25) is 0 Å². The summed E-state index contributed by atoms with van der Waals surface area (Å²) in [5, 5.41) is 4.42. The molecule has 0 fully saturated rings. The third-order valence-corrected chi connectivity index (χ3v) is 6.41. The maximum Gasteiger partial charge on any atom is 0.190 e. The SMILES string of the molecule is COc1ccc2cc(-c3csc(=Nc4cccnc4)n3CCc3ccc(F)cc3)ccc2c1. The van der Waals surface area contributed by atoms with Crippen LogP contribution in [0.25, 0.3) is 22.0 Å². The number of fused-ring (bicyclic) bond motifs is 1. The van der Waals surface area contributed by atoms with Crippen molar-refractivity contribution in [3.8, 4) is 17.0 Å². The number of aromatic nitrogens is 2. The summed E-state index contributed by atoms with van der Waals surface area (Å²) < 4.78 is 20.9. The Hall–Kier alpha value is -3.77. The molecule has 6 heteroatoms. The second-order valence-corrected chi connectivity index (χ2v) is 8.52. The van der Waals surface area contributed by atoms with Crippen LogP contribution < -0.4 is 9.54 Å². The Morgan fingerprint density at radius 2 is 1.82 bits per heavy atom. The highest BCUT2D eigenvalue weighted by molar-refractivity contribution is 7.07. The van der Waals surface area contributed by atoms with E-state index in [1.807, 2.05) is 36.4 Å². The molecule has 4 nitrogen and oxygen atoms in total. The number of aryl methyl sites for hydroxylation is 1. The van der Waals surface area contributed by atoms with Crippen LogP contribution in [-0.4, -0.2) is 16.7 Å². The van der Waals surface area contributed by atoms with Crippen molar-refractivity contribution in [3.63, 3.8) is 0 Å². The van der Waals surface area contributed by atoms with E-state index < -0.39 is 0 Å². The lowest BCUT2D eigenvalue weighted by Gasteiger charge is -2.11. The topological polar surface area (TPSA) is 39.4 Å². The zero-order valence-electron chi connectivity index (χ0n) is 18.1. The van der Waals surface area contributed by atoms with Crippen LogP contribution in [0.1, 0.15) is 5.56 Å². The molecule has 0 aliphatic carbocycles. The smallest absolute Gasteiger partial charge is 0.190 e. The number of rotatable bonds is 6. The van der Waals surface area contributed by atoms with E-state index >= 15 is 0 Å². The van der Waals surface area contributed by atoms with Crippen LogP contribution >= 0.6 is 11.3 Å². The Balaban J connectivity index is 1.57. The molecule has 0 saturated heterocycles. The molecule has 2 heterocycles. The molecule has 0 N–H and O–H groups in total. The van der Waals surface area contributed by atoms with Crippen LogP contribution in [0.15, 0.2) is 95.6 Å². The highest BCUT2D eigenvalue weighted by Crippen LogP contribution is 2.28. The molecule has 0 radical (unpaired) electrons. The molecule has 2 aromatic heterocycles. The van der Waals surface area contributed by atoms with Crippen LogP contribution in [0.3, 0.4) is 0 Å². The first kappa shape index (κ1) is 21.1. The first-order valence-corrected chi connectivity index (χ1v) is 11.5. The van der Waals surface area contributed by atoms with Crippen LogP contribution in [0.2, 0.25) is 0 Å². The van der Waals surface area contributed by atoms with Gasteiger partial charge < -0.3 is 9.30 Å². The summed E-state index contributed by atoms with van der Waals surface area (Å²) >= 11 is 1.60. The van der Waals surface area contributed by atoms with Crippen molar-refractivity contribution in [1.29, 1.82) is 0 Å². The minimum absolute atomic E-state index is 0.220. The summed E-state index contributed by atoms with van der Waals surface area (Å²) in [5.74, 6) is 0.625. The van der Waals surface area contributed by atoms with Gasteiger partial charge in [-0.2, -0.15) is 0 Å². The Morgan fingerprint density at radius 1 is 1.00 bits per heavy atom. The lowest BCUT2D eigenvalue weighted by molar-refractivity contribution is 0.415. The molecular weight excluding hydrogens is 433 g/mol. The van der Waals surface area contributed by atoms with Crippen molar-refractivity contribution in [2.75, 3.05) is 7.11 Å². The number of thiazole rings is 1. The summed E-state index contributed by atoms with van der Waals surface area (Å²) in [7, 11) is 1.68. The van der Waals surface area contributed by atoms with Gasteiger partial charge in [-0.05, 0) is 70.8 Å². The molecule has 5 rings (SSSR count). The van der Waals surface area contributed by atoms with Crippen molar-refractivity contribution in [1.82, 2.24) is 9.55 Å². The molecule has 33 heavy (non-hydrogen) atoms. The van der Waals surface area contributed by atoms with E-state index in [2.05, 4.69) is 39.2 Å².